The molecule has 1 heterocycles. The lowest BCUT2D eigenvalue weighted by Crippen LogP contribution is -2.52. The van der Waals surface area contributed by atoms with E-state index in [1.54, 1.807) is 16.7 Å². The van der Waals surface area contributed by atoms with Crippen molar-refractivity contribution in [3.63, 3.8) is 0 Å². The number of amides is 3. The van der Waals surface area contributed by atoms with Crippen molar-refractivity contribution in [3.8, 4) is 0 Å². The second-order valence-corrected chi connectivity index (χ2v) is 4.41. The van der Waals surface area contributed by atoms with E-state index < -0.39 is 0 Å². The Balaban J connectivity index is 2.43. The van der Waals surface area contributed by atoms with Crippen LogP contribution in [0.5, 0.6) is 0 Å². The number of carbonyl (C=O) groups is 2. The number of hydrogen-bond acceptors (Lipinski definition) is 3. The Kier molecular flexibility index (Phi) is 4.25. The lowest BCUT2D eigenvalue weighted by atomic mass is 10.2. The van der Waals surface area contributed by atoms with Gasteiger partial charge in [0.1, 0.15) is 0 Å². The zero-order valence-electron chi connectivity index (χ0n) is 8.58. The predicted octanol–water partition coefficient (Wildman–Crippen LogP) is 1.07. The molecular weight excluding hydrogens is 200 g/mol. The third-order valence-electron chi connectivity index (χ3n) is 2.36. The average molecular weight is 216 g/mol. The summed E-state index contributed by atoms with van der Waals surface area (Å²) in [5, 5.41) is 2.33. The number of thioether (sulfide) groups is 1. The SMILES string of the molecule is CSCCC(C)N1CCC(=O)NC1=O. The third-order valence-corrected chi connectivity index (χ3v) is 3.00. The molecule has 1 aliphatic heterocycles. The van der Waals surface area contributed by atoms with Gasteiger partial charge >= 0.3 is 6.03 Å². The fraction of sp³-hybridized carbons (Fsp3) is 0.778. The van der Waals surface area contributed by atoms with Crippen LogP contribution in [0.3, 0.4) is 0 Å². The number of rotatable bonds is 4. The molecule has 0 radical (unpaired) electrons. The van der Waals surface area contributed by atoms with Crippen LogP contribution in [0, 0.1) is 0 Å². The summed E-state index contributed by atoms with van der Waals surface area (Å²) in [6.45, 7) is 2.58. The molecule has 1 fully saturated rings. The minimum absolute atomic E-state index is 0.164. The highest BCUT2D eigenvalue weighted by molar-refractivity contribution is 7.98. The van der Waals surface area contributed by atoms with Crippen molar-refractivity contribution < 1.29 is 9.59 Å². The summed E-state index contributed by atoms with van der Waals surface area (Å²) in [7, 11) is 0. The van der Waals surface area contributed by atoms with Gasteiger partial charge in [0, 0.05) is 19.0 Å². The maximum atomic E-state index is 11.4. The van der Waals surface area contributed by atoms with Gasteiger partial charge in [-0.05, 0) is 25.4 Å². The van der Waals surface area contributed by atoms with E-state index in [-0.39, 0.29) is 18.0 Å². The molecule has 4 nitrogen and oxygen atoms in total. The molecule has 0 bridgehead atoms. The van der Waals surface area contributed by atoms with Gasteiger partial charge in [0.05, 0.1) is 0 Å². The number of urea groups is 1. The first-order valence-corrected chi connectivity index (χ1v) is 6.14. The van der Waals surface area contributed by atoms with Crippen LogP contribution >= 0.6 is 11.8 Å². The predicted molar refractivity (Wildman–Crippen MR) is 57.3 cm³/mol. The van der Waals surface area contributed by atoms with Gasteiger partial charge in [0.15, 0.2) is 0 Å². The van der Waals surface area contributed by atoms with Crippen LogP contribution in [0.2, 0.25) is 0 Å². The summed E-state index contributed by atoms with van der Waals surface area (Å²) >= 11 is 1.77. The molecule has 1 unspecified atom stereocenters. The van der Waals surface area contributed by atoms with Crippen LogP contribution in [0.15, 0.2) is 0 Å². The van der Waals surface area contributed by atoms with E-state index >= 15 is 0 Å². The molecule has 1 aliphatic rings. The van der Waals surface area contributed by atoms with E-state index in [9.17, 15) is 9.59 Å². The molecule has 14 heavy (non-hydrogen) atoms. The number of nitrogens with zero attached hydrogens (tertiary/aromatic N) is 1. The van der Waals surface area contributed by atoms with E-state index in [1.807, 2.05) is 13.2 Å². The lowest BCUT2D eigenvalue weighted by Gasteiger charge is -2.31. The molecule has 1 saturated heterocycles. The normalized spacial score (nSPS) is 19.4. The Morgan fingerprint density at radius 3 is 2.86 bits per heavy atom. The Hall–Kier alpha value is -0.710. The van der Waals surface area contributed by atoms with Gasteiger partial charge in [-0.25, -0.2) is 4.79 Å². The van der Waals surface area contributed by atoms with E-state index in [2.05, 4.69) is 5.32 Å². The average Bonchev–Trinajstić information content (AvgIpc) is 2.14. The fourth-order valence-electron chi connectivity index (χ4n) is 1.44. The van der Waals surface area contributed by atoms with E-state index in [4.69, 9.17) is 0 Å². The van der Waals surface area contributed by atoms with Gasteiger partial charge in [0.25, 0.3) is 0 Å². The standard InChI is InChI=1S/C9H16N2O2S/c1-7(4-6-14-2)11-5-3-8(12)10-9(11)13/h7H,3-6H2,1-2H3,(H,10,12,13). The first-order valence-electron chi connectivity index (χ1n) is 4.74. The first-order chi connectivity index (χ1) is 6.65. The zero-order chi connectivity index (χ0) is 10.6. The summed E-state index contributed by atoms with van der Waals surface area (Å²) in [4.78, 5) is 24.0. The Labute approximate surface area is 88.4 Å². The van der Waals surface area contributed by atoms with Crippen molar-refractivity contribution in [2.45, 2.75) is 25.8 Å². The van der Waals surface area contributed by atoms with Gasteiger partial charge in [0.2, 0.25) is 5.91 Å². The molecule has 0 aromatic rings. The summed E-state index contributed by atoms with van der Waals surface area (Å²) in [5.41, 5.74) is 0. The molecule has 0 saturated carbocycles. The molecule has 1 rings (SSSR count). The van der Waals surface area contributed by atoms with E-state index in [1.165, 1.54) is 0 Å². The summed E-state index contributed by atoms with van der Waals surface area (Å²) < 4.78 is 0. The quantitative estimate of drug-likeness (QED) is 0.764. The van der Waals surface area contributed by atoms with Gasteiger partial charge in [-0.15, -0.1) is 0 Å². The Bertz CT molecular complexity index is 233. The van der Waals surface area contributed by atoms with E-state index in [0.717, 1.165) is 12.2 Å². The molecule has 1 atom stereocenters. The number of carbonyl (C=O) groups excluding carboxylic acids is 2. The number of nitrogens with one attached hydrogen (secondary N) is 1. The Morgan fingerprint density at radius 1 is 1.57 bits per heavy atom. The van der Waals surface area contributed by atoms with Crippen molar-refractivity contribution in [1.82, 2.24) is 10.2 Å². The molecule has 0 aromatic carbocycles. The third kappa shape index (κ3) is 2.90. The maximum absolute atomic E-state index is 11.4. The fourth-order valence-corrected chi connectivity index (χ4v) is 2.02. The van der Waals surface area contributed by atoms with Crippen LogP contribution in [-0.4, -0.2) is 41.4 Å². The molecule has 80 valence electrons. The largest absolute Gasteiger partial charge is 0.324 e. The van der Waals surface area contributed by atoms with Crippen molar-refractivity contribution in [1.29, 1.82) is 0 Å². The topological polar surface area (TPSA) is 49.4 Å². The highest BCUT2D eigenvalue weighted by Gasteiger charge is 2.26. The van der Waals surface area contributed by atoms with Gasteiger partial charge in [-0.1, -0.05) is 0 Å². The van der Waals surface area contributed by atoms with Crippen LogP contribution in [-0.2, 0) is 4.79 Å². The lowest BCUT2D eigenvalue weighted by molar-refractivity contribution is -0.121. The Morgan fingerprint density at radius 2 is 2.29 bits per heavy atom. The summed E-state index contributed by atoms with van der Waals surface area (Å²) in [5.74, 6) is 0.877. The summed E-state index contributed by atoms with van der Waals surface area (Å²) in [6.07, 6.45) is 3.45. The minimum atomic E-state index is -0.241. The van der Waals surface area contributed by atoms with Gasteiger partial charge in [-0.3, -0.25) is 10.1 Å². The molecule has 0 spiro atoms. The monoisotopic (exact) mass is 216 g/mol. The minimum Gasteiger partial charge on any atom is -0.321 e. The van der Waals surface area contributed by atoms with Crippen LogP contribution < -0.4 is 5.32 Å². The molecular formula is C9H16N2O2S. The highest BCUT2D eigenvalue weighted by Crippen LogP contribution is 2.11. The van der Waals surface area contributed by atoms with Crippen LogP contribution in [0.25, 0.3) is 0 Å². The van der Waals surface area contributed by atoms with Crippen molar-refractivity contribution in [2.24, 2.45) is 0 Å². The van der Waals surface area contributed by atoms with E-state index in [0.29, 0.717) is 13.0 Å². The molecule has 1 N–H and O–H groups in total. The van der Waals surface area contributed by atoms with Crippen molar-refractivity contribution >= 4 is 23.7 Å². The van der Waals surface area contributed by atoms with Crippen molar-refractivity contribution in [2.75, 3.05) is 18.6 Å². The summed E-state index contributed by atoms with van der Waals surface area (Å²) in [6, 6.07) is -0.0228. The van der Waals surface area contributed by atoms with Crippen LogP contribution in [0.4, 0.5) is 4.79 Å². The number of imide groups is 1. The molecule has 3 amide bonds. The number of hydrogen-bond donors (Lipinski definition) is 1. The first kappa shape index (κ1) is 11.4. The second kappa shape index (κ2) is 5.24. The maximum Gasteiger partial charge on any atom is 0.324 e. The van der Waals surface area contributed by atoms with Crippen molar-refractivity contribution in [3.05, 3.63) is 0 Å². The molecule has 0 aromatic heterocycles. The van der Waals surface area contributed by atoms with Gasteiger partial charge in [-0.2, -0.15) is 11.8 Å². The van der Waals surface area contributed by atoms with Gasteiger partial charge < -0.3 is 4.90 Å². The van der Waals surface area contributed by atoms with Crippen LogP contribution in [0.1, 0.15) is 19.8 Å². The highest BCUT2D eigenvalue weighted by atomic mass is 32.2. The second-order valence-electron chi connectivity index (χ2n) is 3.43. The smallest absolute Gasteiger partial charge is 0.321 e. The molecule has 5 heteroatoms. The molecule has 0 aliphatic carbocycles. The zero-order valence-corrected chi connectivity index (χ0v) is 9.39.